The van der Waals surface area contributed by atoms with Crippen LogP contribution in [-0.2, 0) is 0 Å². The van der Waals surface area contributed by atoms with Crippen LogP contribution in [0.5, 0.6) is 0 Å². The highest BCUT2D eigenvalue weighted by Crippen LogP contribution is 2.11. The van der Waals surface area contributed by atoms with Gasteiger partial charge in [0, 0.05) is 6.42 Å². The molecule has 0 saturated carbocycles. The molecule has 5 nitrogen and oxygen atoms in total. The molecule has 0 bridgehead atoms. The summed E-state index contributed by atoms with van der Waals surface area (Å²) in [6, 6.07) is 4.05. The van der Waals surface area contributed by atoms with Gasteiger partial charge in [0.25, 0.3) is 0 Å². The van der Waals surface area contributed by atoms with E-state index >= 15 is 0 Å². The summed E-state index contributed by atoms with van der Waals surface area (Å²) in [5, 5.41) is 14.6. The van der Waals surface area contributed by atoms with Gasteiger partial charge in [0.2, 0.25) is 0 Å². The van der Waals surface area contributed by atoms with Crippen molar-refractivity contribution in [2.24, 2.45) is 10.9 Å². The largest absolute Gasteiger partial charge is 0.468 e. The molecule has 1 heterocycles. The second-order valence-electron chi connectivity index (χ2n) is 3.74. The Bertz CT molecular complexity index is 309. The van der Waals surface area contributed by atoms with Gasteiger partial charge >= 0.3 is 0 Å². The highest BCUT2D eigenvalue weighted by molar-refractivity contribution is 5.79. The molecule has 90 valence electrons. The van der Waals surface area contributed by atoms with E-state index in [1.165, 1.54) is 0 Å². The van der Waals surface area contributed by atoms with Gasteiger partial charge in [-0.3, -0.25) is 0 Å². The summed E-state index contributed by atoms with van der Waals surface area (Å²) in [7, 11) is 0. The van der Waals surface area contributed by atoms with Gasteiger partial charge in [-0.15, -0.1) is 0 Å². The molecule has 1 aromatic rings. The van der Waals surface area contributed by atoms with E-state index in [0.717, 1.165) is 25.1 Å². The maximum absolute atomic E-state index is 8.34. The molecule has 0 amide bonds. The Labute approximate surface area is 95.3 Å². The molecule has 1 unspecified atom stereocenters. The standard InChI is InChI=1S/C11H19N3O2/c1-9(10-5-4-8-16-10)13-7-3-2-6-11(12)14-15/h4-5,8-9,13,15H,2-3,6-7H2,1H3,(H2,12,14). The van der Waals surface area contributed by atoms with E-state index in [2.05, 4.69) is 17.4 Å². The van der Waals surface area contributed by atoms with Crippen molar-refractivity contribution >= 4 is 5.84 Å². The fourth-order valence-electron chi connectivity index (χ4n) is 1.44. The zero-order valence-corrected chi connectivity index (χ0v) is 9.52. The van der Waals surface area contributed by atoms with Crippen molar-refractivity contribution in [3.05, 3.63) is 24.2 Å². The van der Waals surface area contributed by atoms with Crippen molar-refractivity contribution in [3.8, 4) is 0 Å². The van der Waals surface area contributed by atoms with Gasteiger partial charge in [-0.1, -0.05) is 5.16 Å². The number of furan rings is 1. The van der Waals surface area contributed by atoms with E-state index in [4.69, 9.17) is 15.4 Å². The predicted molar refractivity (Wildman–Crippen MR) is 62.4 cm³/mol. The van der Waals surface area contributed by atoms with Gasteiger partial charge in [-0.05, 0) is 38.4 Å². The number of rotatable bonds is 7. The molecule has 4 N–H and O–H groups in total. The van der Waals surface area contributed by atoms with Crippen LogP contribution in [0.3, 0.4) is 0 Å². The first-order chi connectivity index (χ1) is 7.74. The van der Waals surface area contributed by atoms with Crippen LogP contribution in [0.2, 0.25) is 0 Å². The minimum absolute atomic E-state index is 0.221. The Kier molecular flexibility index (Phi) is 5.42. The Hall–Kier alpha value is -1.49. The van der Waals surface area contributed by atoms with Crippen LogP contribution in [0.15, 0.2) is 28.0 Å². The first-order valence-electron chi connectivity index (χ1n) is 5.47. The molecule has 0 saturated heterocycles. The number of amidine groups is 1. The summed E-state index contributed by atoms with van der Waals surface area (Å²) in [5.74, 6) is 1.23. The molecule has 0 aliphatic carbocycles. The number of oxime groups is 1. The number of nitrogens with zero attached hydrogens (tertiary/aromatic N) is 1. The average Bonchev–Trinajstić information content (AvgIpc) is 2.81. The zero-order chi connectivity index (χ0) is 11.8. The smallest absolute Gasteiger partial charge is 0.139 e. The molecule has 5 heteroatoms. The first kappa shape index (κ1) is 12.6. The summed E-state index contributed by atoms with van der Waals surface area (Å²) in [6.45, 7) is 2.95. The third kappa shape index (κ3) is 4.35. The maximum Gasteiger partial charge on any atom is 0.139 e. The Morgan fingerprint density at radius 1 is 1.62 bits per heavy atom. The molecule has 0 radical (unpaired) electrons. The summed E-state index contributed by atoms with van der Waals surface area (Å²) in [6.07, 6.45) is 4.20. The summed E-state index contributed by atoms with van der Waals surface area (Å²) >= 11 is 0. The molecule has 0 aromatic carbocycles. The maximum atomic E-state index is 8.34. The van der Waals surface area contributed by atoms with E-state index in [1.807, 2.05) is 12.1 Å². The minimum atomic E-state index is 0.221. The van der Waals surface area contributed by atoms with Gasteiger partial charge in [-0.25, -0.2) is 0 Å². The van der Waals surface area contributed by atoms with E-state index in [9.17, 15) is 0 Å². The fourth-order valence-corrected chi connectivity index (χ4v) is 1.44. The predicted octanol–water partition coefficient (Wildman–Crippen LogP) is 1.85. The third-order valence-corrected chi connectivity index (χ3v) is 2.41. The minimum Gasteiger partial charge on any atom is -0.468 e. The molecular weight excluding hydrogens is 206 g/mol. The topological polar surface area (TPSA) is 83.8 Å². The first-order valence-corrected chi connectivity index (χ1v) is 5.47. The molecule has 0 aliphatic heterocycles. The fraction of sp³-hybridized carbons (Fsp3) is 0.545. The second kappa shape index (κ2) is 6.90. The van der Waals surface area contributed by atoms with Crippen LogP contribution in [0.1, 0.15) is 38.0 Å². The van der Waals surface area contributed by atoms with E-state index in [-0.39, 0.29) is 6.04 Å². The summed E-state index contributed by atoms with van der Waals surface area (Å²) in [5.41, 5.74) is 5.36. The molecule has 0 fully saturated rings. The SMILES string of the molecule is CC(NCCCCC(N)=NO)c1ccco1. The molecule has 1 atom stereocenters. The lowest BCUT2D eigenvalue weighted by molar-refractivity contribution is 0.316. The van der Waals surface area contributed by atoms with Crippen LogP contribution in [-0.4, -0.2) is 17.6 Å². The van der Waals surface area contributed by atoms with Gasteiger partial charge in [-0.2, -0.15) is 0 Å². The molecule has 1 aromatic heterocycles. The lowest BCUT2D eigenvalue weighted by atomic mass is 10.2. The van der Waals surface area contributed by atoms with Crippen LogP contribution in [0.4, 0.5) is 0 Å². The van der Waals surface area contributed by atoms with Crippen LogP contribution in [0.25, 0.3) is 0 Å². The normalized spacial score (nSPS) is 13.9. The molecule has 0 spiro atoms. The van der Waals surface area contributed by atoms with E-state index in [0.29, 0.717) is 12.3 Å². The number of hydrogen-bond donors (Lipinski definition) is 3. The van der Waals surface area contributed by atoms with Crippen molar-refractivity contribution in [1.29, 1.82) is 0 Å². The average molecular weight is 225 g/mol. The monoisotopic (exact) mass is 225 g/mol. The highest BCUT2D eigenvalue weighted by atomic mass is 16.4. The van der Waals surface area contributed by atoms with Gasteiger partial charge in [0.1, 0.15) is 11.6 Å². The van der Waals surface area contributed by atoms with E-state index < -0.39 is 0 Å². The summed E-state index contributed by atoms with van der Waals surface area (Å²) in [4.78, 5) is 0. The van der Waals surface area contributed by atoms with Gasteiger partial charge < -0.3 is 20.7 Å². The molecule has 1 rings (SSSR count). The molecular formula is C11H19N3O2. The number of nitrogens with one attached hydrogen (secondary N) is 1. The Morgan fingerprint density at radius 2 is 2.44 bits per heavy atom. The van der Waals surface area contributed by atoms with E-state index in [1.54, 1.807) is 6.26 Å². The second-order valence-corrected chi connectivity index (χ2v) is 3.74. The lowest BCUT2D eigenvalue weighted by Crippen LogP contribution is -2.20. The quantitative estimate of drug-likeness (QED) is 0.217. The van der Waals surface area contributed by atoms with Crippen molar-refractivity contribution < 1.29 is 9.62 Å². The summed E-state index contributed by atoms with van der Waals surface area (Å²) < 4.78 is 5.27. The highest BCUT2D eigenvalue weighted by Gasteiger charge is 2.06. The Morgan fingerprint density at radius 3 is 3.06 bits per heavy atom. The van der Waals surface area contributed by atoms with Crippen LogP contribution >= 0.6 is 0 Å². The van der Waals surface area contributed by atoms with Gasteiger partial charge in [0.15, 0.2) is 0 Å². The number of unbranched alkanes of at least 4 members (excludes halogenated alkanes) is 1. The van der Waals surface area contributed by atoms with Crippen molar-refractivity contribution in [3.63, 3.8) is 0 Å². The molecule has 16 heavy (non-hydrogen) atoms. The lowest BCUT2D eigenvalue weighted by Gasteiger charge is -2.10. The Balaban J connectivity index is 2.07. The number of nitrogens with two attached hydrogens (primary N) is 1. The third-order valence-electron chi connectivity index (χ3n) is 2.41. The van der Waals surface area contributed by atoms with Crippen LogP contribution in [0, 0.1) is 0 Å². The van der Waals surface area contributed by atoms with Crippen molar-refractivity contribution in [1.82, 2.24) is 5.32 Å². The zero-order valence-electron chi connectivity index (χ0n) is 9.52. The van der Waals surface area contributed by atoms with Crippen molar-refractivity contribution in [2.45, 2.75) is 32.2 Å². The number of hydrogen-bond acceptors (Lipinski definition) is 4. The van der Waals surface area contributed by atoms with Crippen molar-refractivity contribution in [2.75, 3.05) is 6.54 Å². The van der Waals surface area contributed by atoms with Gasteiger partial charge in [0.05, 0.1) is 12.3 Å². The molecule has 0 aliphatic rings. The van der Waals surface area contributed by atoms with Crippen LogP contribution < -0.4 is 11.1 Å².